The van der Waals surface area contributed by atoms with Crippen molar-refractivity contribution in [1.82, 2.24) is 0 Å². The van der Waals surface area contributed by atoms with Crippen LogP contribution in [0.2, 0.25) is 0 Å². The smallest absolute Gasteiger partial charge is 0.306 e. The summed E-state index contributed by atoms with van der Waals surface area (Å²) in [6.45, 7) is 6.42. The average molecular weight is 1070 g/mol. The summed E-state index contributed by atoms with van der Waals surface area (Å²) in [6.07, 6.45) is 86.2. The van der Waals surface area contributed by atoms with Gasteiger partial charge in [0, 0.05) is 19.3 Å². The Morgan fingerprint density at radius 2 is 0.506 bits per heavy atom. The molecule has 0 rings (SSSR count). The molecule has 1 atom stereocenters. The molecule has 0 bridgehead atoms. The Labute approximate surface area is 477 Å². The Morgan fingerprint density at radius 3 is 0.805 bits per heavy atom. The fourth-order valence-corrected chi connectivity index (χ4v) is 9.51. The summed E-state index contributed by atoms with van der Waals surface area (Å²) in [7, 11) is 0. The standard InChI is InChI=1S/C71H124O6/c1-4-7-10-13-16-19-22-25-26-27-28-29-30-31-32-33-34-35-36-37-38-39-40-41-42-43-44-47-49-52-55-58-61-64-70(73)76-67-68(77-71(74)65-62-59-56-53-50-46-24-21-18-15-12-9-6-3)66-75-69(72)63-60-57-54-51-48-45-23-20-17-14-11-8-5-2/h7,9-10,12,16,18-19,21,25-26,28-29,46,50,68H,4-6,8,11,13-15,17,20,22-24,27,30-45,47-49,51-67H2,1-3H3/b10-7-,12-9-,19-16-,21-18-,26-25-,29-28-,50-46-. The van der Waals surface area contributed by atoms with Crippen LogP contribution < -0.4 is 0 Å². The molecule has 77 heavy (non-hydrogen) atoms. The van der Waals surface area contributed by atoms with E-state index < -0.39 is 6.10 Å². The number of rotatable bonds is 60. The van der Waals surface area contributed by atoms with E-state index in [0.29, 0.717) is 19.3 Å². The van der Waals surface area contributed by atoms with E-state index in [2.05, 4.69) is 106 Å². The number of hydrogen-bond donors (Lipinski definition) is 0. The first-order valence-corrected chi connectivity index (χ1v) is 33.1. The lowest BCUT2D eigenvalue weighted by Gasteiger charge is -2.18. The van der Waals surface area contributed by atoms with Gasteiger partial charge in [-0.3, -0.25) is 14.4 Å². The van der Waals surface area contributed by atoms with Crippen LogP contribution >= 0.6 is 0 Å². The average Bonchev–Trinajstić information content (AvgIpc) is 3.43. The van der Waals surface area contributed by atoms with Crippen molar-refractivity contribution >= 4 is 17.9 Å². The fourth-order valence-electron chi connectivity index (χ4n) is 9.51. The Kier molecular flexibility index (Phi) is 62.2. The van der Waals surface area contributed by atoms with Gasteiger partial charge in [0.05, 0.1) is 0 Å². The first-order chi connectivity index (χ1) is 38.0. The van der Waals surface area contributed by atoms with Crippen molar-refractivity contribution in [2.75, 3.05) is 13.2 Å². The minimum absolute atomic E-state index is 0.0830. The highest BCUT2D eigenvalue weighted by atomic mass is 16.6. The largest absolute Gasteiger partial charge is 0.462 e. The molecule has 444 valence electrons. The normalized spacial score (nSPS) is 12.6. The molecule has 6 nitrogen and oxygen atoms in total. The van der Waals surface area contributed by atoms with E-state index in [4.69, 9.17) is 14.2 Å². The number of ether oxygens (including phenoxy) is 3. The summed E-state index contributed by atoms with van der Waals surface area (Å²) in [5.74, 6) is -0.897. The zero-order chi connectivity index (χ0) is 55.7. The zero-order valence-corrected chi connectivity index (χ0v) is 51.0. The molecule has 0 amide bonds. The van der Waals surface area contributed by atoms with Crippen LogP contribution in [-0.4, -0.2) is 37.2 Å². The highest BCUT2D eigenvalue weighted by molar-refractivity contribution is 5.71. The maximum absolute atomic E-state index is 12.8. The predicted octanol–water partition coefficient (Wildman–Crippen LogP) is 22.7. The van der Waals surface area contributed by atoms with Crippen LogP contribution in [0.25, 0.3) is 0 Å². The molecule has 6 heteroatoms. The number of carbonyl (C=O) groups is 3. The third kappa shape index (κ3) is 63.3. The van der Waals surface area contributed by atoms with E-state index in [0.717, 1.165) is 109 Å². The second-order valence-corrected chi connectivity index (χ2v) is 22.0. The van der Waals surface area contributed by atoms with Crippen LogP contribution in [0.15, 0.2) is 85.1 Å². The quantitative estimate of drug-likeness (QED) is 0.0261. The van der Waals surface area contributed by atoms with Crippen molar-refractivity contribution in [1.29, 1.82) is 0 Å². The minimum Gasteiger partial charge on any atom is -0.462 e. The van der Waals surface area contributed by atoms with Crippen LogP contribution in [0.4, 0.5) is 0 Å². The van der Waals surface area contributed by atoms with E-state index in [-0.39, 0.29) is 31.1 Å². The Bertz CT molecular complexity index is 1470. The first-order valence-electron chi connectivity index (χ1n) is 33.1. The van der Waals surface area contributed by atoms with Gasteiger partial charge in [-0.05, 0) is 89.9 Å². The highest BCUT2D eigenvalue weighted by Gasteiger charge is 2.19. The van der Waals surface area contributed by atoms with Crippen molar-refractivity contribution in [3.8, 4) is 0 Å². The van der Waals surface area contributed by atoms with Gasteiger partial charge in [0.25, 0.3) is 0 Å². The van der Waals surface area contributed by atoms with E-state index in [1.165, 1.54) is 180 Å². The van der Waals surface area contributed by atoms with Crippen molar-refractivity contribution in [2.45, 2.75) is 335 Å². The van der Waals surface area contributed by atoms with Crippen LogP contribution in [-0.2, 0) is 28.6 Å². The maximum atomic E-state index is 12.8. The SMILES string of the molecule is CC/C=C\C/C=C\C/C=C\C/C=C\CCCCCCCCCCCCCCCCCCCCCCC(=O)OCC(COC(=O)CCCCCCCCCCCCCCC)OC(=O)CCCCC/C=C\C/C=C\C/C=C\CC. The molecular weight excluding hydrogens is 949 g/mol. The van der Waals surface area contributed by atoms with Crippen LogP contribution in [0.1, 0.15) is 329 Å². The molecule has 1 unspecified atom stereocenters. The second-order valence-electron chi connectivity index (χ2n) is 22.0. The molecule has 0 aliphatic rings. The Balaban J connectivity index is 4.10. The lowest BCUT2D eigenvalue weighted by atomic mass is 10.0. The zero-order valence-electron chi connectivity index (χ0n) is 51.0. The van der Waals surface area contributed by atoms with Gasteiger partial charge in [-0.1, -0.05) is 305 Å². The second kappa shape index (κ2) is 65.1. The van der Waals surface area contributed by atoms with Gasteiger partial charge in [0.1, 0.15) is 13.2 Å². The van der Waals surface area contributed by atoms with Gasteiger partial charge < -0.3 is 14.2 Å². The molecule has 0 radical (unpaired) electrons. The number of esters is 3. The van der Waals surface area contributed by atoms with Crippen molar-refractivity contribution < 1.29 is 28.6 Å². The lowest BCUT2D eigenvalue weighted by molar-refractivity contribution is -0.167. The lowest BCUT2D eigenvalue weighted by Crippen LogP contribution is -2.30. The third-order valence-corrected chi connectivity index (χ3v) is 14.4. The predicted molar refractivity (Wildman–Crippen MR) is 334 cm³/mol. The summed E-state index contributed by atoms with van der Waals surface area (Å²) in [6, 6.07) is 0. The molecule has 0 heterocycles. The molecule has 0 aromatic heterocycles. The highest BCUT2D eigenvalue weighted by Crippen LogP contribution is 2.17. The van der Waals surface area contributed by atoms with E-state index in [1.54, 1.807) is 0 Å². The molecule has 0 fully saturated rings. The molecule has 0 saturated heterocycles. The number of hydrogen-bond acceptors (Lipinski definition) is 6. The molecular formula is C71H124O6. The van der Waals surface area contributed by atoms with Crippen molar-refractivity contribution in [2.24, 2.45) is 0 Å². The van der Waals surface area contributed by atoms with E-state index >= 15 is 0 Å². The molecule has 0 aromatic carbocycles. The first kappa shape index (κ1) is 73.6. The topological polar surface area (TPSA) is 78.9 Å². The summed E-state index contributed by atoms with van der Waals surface area (Å²) < 4.78 is 16.9. The summed E-state index contributed by atoms with van der Waals surface area (Å²) in [4.78, 5) is 38.2. The number of unbranched alkanes of at least 4 members (excludes halogenated alkanes) is 35. The van der Waals surface area contributed by atoms with Gasteiger partial charge >= 0.3 is 17.9 Å². The van der Waals surface area contributed by atoms with Crippen molar-refractivity contribution in [3.05, 3.63) is 85.1 Å². The van der Waals surface area contributed by atoms with E-state index in [9.17, 15) is 14.4 Å². The van der Waals surface area contributed by atoms with Crippen LogP contribution in [0, 0.1) is 0 Å². The Hall–Kier alpha value is -3.41. The van der Waals surface area contributed by atoms with Crippen LogP contribution in [0.5, 0.6) is 0 Å². The number of allylic oxidation sites excluding steroid dienone is 14. The van der Waals surface area contributed by atoms with Gasteiger partial charge in [-0.2, -0.15) is 0 Å². The van der Waals surface area contributed by atoms with E-state index in [1.807, 2.05) is 0 Å². The molecule has 0 aliphatic heterocycles. The van der Waals surface area contributed by atoms with Crippen molar-refractivity contribution in [3.63, 3.8) is 0 Å². The van der Waals surface area contributed by atoms with Gasteiger partial charge in [-0.25, -0.2) is 0 Å². The summed E-state index contributed by atoms with van der Waals surface area (Å²) in [5, 5.41) is 0. The third-order valence-electron chi connectivity index (χ3n) is 14.4. The monoisotopic (exact) mass is 1070 g/mol. The summed E-state index contributed by atoms with van der Waals surface area (Å²) >= 11 is 0. The Morgan fingerprint density at radius 1 is 0.273 bits per heavy atom. The molecule has 0 spiro atoms. The van der Waals surface area contributed by atoms with Crippen LogP contribution in [0.3, 0.4) is 0 Å². The maximum Gasteiger partial charge on any atom is 0.306 e. The molecule has 0 aliphatic carbocycles. The molecule has 0 aromatic rings. The minimum atomic E-state index is -0.788. The molecule has 0 saturated carbocycles. The number of carbonyl (C=O) groups excluding carboxylic acids is 3. The summed E-state index contributed by atoms with van der Waals surface area (Å²) in [5.41, 5.74) is 0. The van der Waals surface area contributed by atoms with Gasteiger partial charge in [0.15, 0.2) is 6.10 Å². The van der Waals surface area contributed by atoms with Gasteiger partial charge in [-0.15, -0.1) is 0 Å². The molecule has 0 N–H and O–H groups in total. The van der Waals surface area contributed by atoms with Gasteiger partial charge in [0.2, 0.25) is 0 Å². The fraction of sp³-hybridized carbons (Fsp3) is 0.761.